The van der Waals surface area contributed by atoms with E-state index in [1.54, 1.807) is 24.5 Å². The number of aryl methyl sites for hydroxylation is 1. The first-order chi connectivity index (χ1) is 16.8. The van der Waals surface area contributed by atoms with Crippen LogP contribution in [0.15, 0.2) is 72.0 Å². The van der Waals surface area contributed by atoms with Gasteiger partial charge in [0, 0.05) is 12.4 Å². The van der Waals surface area contributed by atoms with Gasteiger partial charge in [0.2, 0.25) is 11.8 Å². The molecule has 3 aromatic heterocycles. The zero-order chi connectivity index (χ0) is 24.7. The van der Waals surface area contributed by atoms with E-state index in [-0.39, 0.29) is 5.75 Å². The number of phenolic OH excluding ortho intramolecular Hbond substituents is 1. The second kappa shape index (κ2) is 8.12. The summed E-state index contributed by atoms with van der Waals surface area (Å²) in [7, 11) is 1.84. The molecular weight excluding hydrogens is 438 g/mol. The molecule has 0 radical (unpaired) electrons. The van der Waals surface area contributed by atoms with Crippen LogP contribution in [0.25, 0.3) is 38.8 Å². The molecule has 0 aliphatic carbocycles. The monoisotopic (exact) mass is 459 g/mol. The maximum absolute atomic E-state index is 9.67. The number of nitrogens with zero attached hydrogens (tertiary/aromatic N) is 7. The summed E-state index contributed by atoms with van der Waals surface area (Å²) in [5.41, 5.74) is 5.42. The first kappa shape index (κ1) is 21.9. The predicted octanol–water partition coefficient (Wildman–Crippen LogP) is 4.47. The molecule has 0 fully saturated rings. The summed E-state index contributed by atoms with van der Waals surface area (Å²) in [4.78, 5) is 13.3. The largest absolute Gasteiger partial charge is 0.508 e. The van der Waals surface area contributed by atoms with Gasteiger partial charge in [0.25, 0.3) is 0 Å². The SMILES string of the molecule is Cn1/c(=N/C#N)n(-c2ccc(C(C)(C)C#N)nc2)c2c3cc(-c4ccc(O)cc4)ccc3ncc21. The van der Waals surface area contributed by atoms with Gasteiger partial charge in [0.15, 0.2) is 0 Å². The van der Waals surface area contributed by atoms with Gasteiger partial charge in [-0.25, -0.2) is 0 Å². The van der Waals surface area contributed by atoms with E-state index in [9.17, 15) is 15.6 Å². The Morgan fingerprint density at radius 1 is 0.943 bits per heavy atom. The van der Waals surface area contributed by atoms with Gasteiger partial charge < -0.3 is 9.67 Å². The lowest BCUT2D eigenvalue weighted by Gasteiger charge is -2.15. The summed E-state index contributed by atoms with van der Waals surface area (Å²) < 4.78 is 3.71. The molecule has 3 heterocycles. The molecule has 0 saturated carbocycles. The van der Waals surface area contributed by atoms with Crippen molar-refractivity contribution in [2.45, 2.75) is 19.3 Å². The zero-order valence-corrected chi connectivity index (χ0v) is 19.4. The maximum atomic E-state index is 9.67. The highest BCUT2D eigenvalue weighted by atomic mass is 16.3. The molecule has 0 unspecified atom stereocenters. The lowest BCUT2D eigenvalue weighted by atomic mass is 9.91. The van der Waals surface area contributed by atoms with E-state index in [0.29, 0.717) is 17.0 Å². The number of hydrogen-bond donors (Lipinski definition) is 1. The number of fused-ring (bicyclic) bond motifs is 3. The summed E-state index contributed by atoms with van der Waals surface area (Å²) in [6.07, 6.45) is 5.37. The molecule has 0 aliphatic rings. The van der Waals surface area contributed by atoms with Gasteiger partial charge in [0.1, 0.15) is 5.75 Å². The van der Waals surface area contributed by atoms with E-state index in [1.807, 2.05) is 78.7 Å². The fourth-order valence-corrected chi connectivity index (χ4v) is 4.20. The van der Waals surface area contributed by atoms with Crippen LogP contribution in [0, 0.1) is 22.8 Å². The van der Waals surface area contributed by atoms with Crippen LogP contribution in [-0.2, 0) is 12.5 Å². The van der Waals surface area contributed by atoms with Crippen LogP contribution in [0.5, 0.6) is 5.75 Å². The second-order valence-electron chi connectivity index (χ2n) is 8.82. The van der Waals surface area contributed by atoms with Gasteiger partial charge in [-0.2, -0.15) is 10.5 Å². The fraction of sp³-hybridized carbons (Fsp3) is 0.148. The number of hydrogen-bond acceptors (Lipinski definition) is 6. The highest BCUT2D eigenvalue weighted by Gasteiger charge is 2.22. The van der Waals surface area contributed by atoms with Gasteiger partial charge in [-0.15, -0.1) is 4.99 Å². The summed E-state index contributed by atoms with van der Waals surface area (Å²) in [6.45, 7) is 3.64. The van der Waals surface area contributed by atoms with Crippen LogP contribution in [0.4, 0.5) is 0 Å². The number of nitriles is 2. The molecule has 0 atom stereocenters. The van der Waals surface area contributed by atoms with Crippen molar-refractivity contribution in [1.29, 1.82) is 10.5 Å². The first-order valence-corrected chi connectivity index (χ1v) is 10.9. The average molecular weight is 460 g/mol. The van der Waals surface area contributed by atoms with Gasteiger partial charge >= 0.3 is 0 Å². The summed E-state index contributed by atoms with van der Waals surface area (Å²) in [6, 6.07) is 19.0. The predicted molar refractivity (Wildman–Crippen MR) is 132 cm³/mol. The Labute approximate surface area is 201 Å². The van der Waals surface area contributed by atoms with Crippen LogP contribution < -0.4 is 5.62 Å². The normalized spacial score (nSPS) is 12.1. The molecule has 8 nitrogen and oxygen atoms in total. The molecule has 0 saturated heterocycles. The van der Waals surface area contributed by atoms with Crippen LogP contribution in [0.3, 0.4) is 0 Å². The van der Waals surface area contributed by atoms with Crippen molar-refractivity contribution in [3.05, 3.63) is 78.3 Å². The molecule has 5 aromatic rings. The van der Waals surface area contributed by atoms with Crippen molar-refractivity contribution in [1.82, 2.24) is 19.1 Å². The molecular formula is C27H21N7O. The minimum Gasteiger partial charge on any atom is -0.508 e. The number of imidazole rings is 1. The average Bonchev–Trinajstić information content (AvgIpc) is 3.16. The highest BCUT2D eigenvalue weighted by molar-refractivity contribution is 6.04. The summed E-state index contributed by atoms with van der Waals surface area (Å²) in [5, 5.41) is 29.4. The first-order valence-electron chi connectivity index (χ1n) is 10.9. The molecule has 2 aromatic carbocycles. The molecule has 0 spiro atoms. The third-order valence-electron chi connectivity index (χ3n) is 6.18. The van der Waals surface area contributed by atoms with Gasteiger partial charge in [-0.05, 0) is 61.4 Å². The number of aromatic nitrogens is 4. The Morgan fingerprint density at radius 2 is 1.69 bits per heavy atom. The van der Waals surface area contributed by atoms with Crippen LogP contribution in [0.1, 0.15) is 19.5 Å². The standard InChI is InChI=1S/C27H21N7O/c1-27(2,15-28)24-11-7-19(13-31-24)34-25-21-12-18(17-4-8-20(35)9-5-17)6-10-22(21)30-14-23(25)33(3)26(34)32-16-29/h4-14,35H,1-3H3/b32-26-. The van der Waals surface area contributed by atoms with Gasteiger partial charge in [-0.3, -0.25) is 14.5 Å². The topological polar surface area (TPSA) is 116 Å². The maximum Gasteiger partial charge on any atom is 0.226 e. The molecule has 0 amide bonds. The van der Waals surface area contributed by atoms with E-state index in [1.165, 1.54) is 0 Å². The van der Waals surface area contributed by atoms with E-state index < -0.39 is 5.41 Å². The number of rotatable bonds is 3. The Bertz CT molecular complexity index is 1740. The lowest BCUT2D eigenvalue weighted by molar-refractivity contribution is 0.475. The molecule has 0 bridgehead atoms. The lowest BCUT2D eigenvalue weighted by Crippen LogP contribution is -2.23. The van der Waals surface area contributed by atoms with Crippen LogP contribution >= 0.6 is 0 Å². The van der Waals surface area contributed by atoms with Gasteiger partial charge in [-0.1, -0.05) is 18.2 Å². The van der Waals surface area contributed by atoms with Crippen molar-refractivity contribution in [2.75, 3.05) is 0 Å². The van der Waals surface area contributed by atoms with Crippen molar-refractivity contribution >= 4 is 21.9 Å². The molecule has 1 N–H and O–H groups in total. The number of aromatic hydroxyl groups is 1. The summed E-state index contributed by atoms with van der Waals surface area (Å²) >= 11 is 0. The molecule has 170 valence electrons. The zero-order valence-electron chi connectivity index (χ0n) is 19.4. The highest BCUT2D eigenvalue weighted by Crippen LogP contribution is 2.30. The fourth-order valence-electron chi connectivity index (χ4n) is 4.20. The third kappa shape index (κ3) is 3.58. The Hall–Kier alpha value is -4.95. The molecule has 8 heteroatoms. The molecule has 5 rings (SSSR count). The molecule has 35 heavy (non-hydrogen) atoms. The van der Waals surface area contributed by atoms with Crippen LogP contribution in [0.2, 0.25) is 0 Å². The van der Waals surface area contributed by atoms with Crippen molar-refractivity contribution in [3.63, 3.8) is 0 Å². The van der Waals surface area contributed by atoms with Gasteiger partial charge in [0.05, 0.1) is 51.8 Å². The Morgan fingerprint density at radius 3 is 2.34 bits per heavy atom. The van der Waals surface area contributed by atoms with E-state index in [0.717, 1.165) is 33.1 Å². The van der Waals surface area contributed by atoms with Crippen molar-refractivity contribution < 1.29 is 5.11 Å². The smallest absolute Gasteiger partial charge is 0.226 e. The molecule has 0 aliphatic heterocycles. The van der Waals surface area contributed by atoms with E-state index in [2.05, 4.69) is 21.0 Å². The minimum absolute atomic E-state index is 0.206. The second-order valence-corrected chi connectivity index (χ2v) is 8.82. The Kier molecular flexibility index (Phi) is 5.08. The van der Waals surface area contributed by atoms with E-state index in [4.69, 9.17) is 0 Å². The third-order valence-corrected chi connectivity index (χ3v) is 6.18. The summed E-state index contributed by atoms with van der Waals surface area (Å²) in [5.74, 6) is 0.206. The number of phenols is 1. The van der Waals surface area contributed by atoms with Crippen molar-refractivity contribution in [3.8, 4) is 34.8 Å². The van der Waals surface area contributed by atoms with Crippen molar-refractivity contribution in [2.24, 2.45) is 12.0 Å². The quantitative estimate of drug-likeness (QED) is 0.400. The van der Waals surface area contributed by atoms with Crippen LogP contribution in [-0.4, -0.2) is 24.2 Å². The Balaban J connectivity index is 1.84. The van der Waals surface area contributed by atoms with E-state index >= 15 is 0 Å². The number of benzene rings is 2. The minimum atomic E-state index is -0.725. The number of pyridine rings is 2.